The first-order chi connectivity index (χ1) is 7.20. The fraction of sp³-hybridized carbons (Fsp3) is 0.0909. The van der Waals surface area contributed by atoms with Crippen molar-refractivity contribution in [3.63, 3.8) is 0 Å². The van der Waals surface area contributed by atoms with Gasteiger partial charge < -0.3 is 5.73 Å². The molecule has 3 nitrogen and oxygen atoms in total. The van der Waals surface area contributed by atoms with Crippen molar-refractivity contribution in [3.05, 3.63) is 35.0 Å². The predicted octanol–water partition coefficient (Wildman–Crippen LogP) is 2.51. The molecule has 0 aliphatic carbocycles. The predicted molar refractivity (Wildman–Crippen MR) is 62.1 cm³/mol. The number of carbonyl (C=O) groups is 1. The van der Waals surface area contributed by atoms with Crippen molar-refractivity contribution >= 4 is 23.3 Å². The second-order valence-electron chi connectivity index (χ2n) is 3.21. The number of rotatable bonds is 2. The van der Waals surface area contributed by atoms with Gasteiger partial charge in [-0.2, -0.15) is 0 Å². The van der Waals surface area contributed by atoms with Crippen LogP contribution in [0.15, 0.2) is 24.3 Å². The maximum Gasteiger partial charge on any atom is 0.178 e. The molecule has 2 N–H and O–H groups in total. The fourth-order valence-corrected chi connectivity index (χ4v) is 2.26. The molecule has 2 rings (SSSR count). The Bertz CT molecular complexity index is 488. The lowest BCUT2D eigenvalue weighted by Gasteiger charge is -1.98. The van der Waals surface area contributed by atoms with Gasteiger partial charge >= 0.3 is 0 Å². The van der Waals surface area contributed by atoms with E-state index in [4.69, 9.17) is 5.73 Å². The van der Waals surface area contributed by atoms with Gasteiger partial charge in [0.05, 0.1) is 10.6 Å². The van der Waals surface area contributed by atoms with Gasteiger partial charge in [0.2, 0.25) is 0 Å². The molecule has 0 saturated carbocycles. The second kappa shape index (κ2) is 3.82. The number of aromatic nitrogens is 1. The number of hydrogen-bond donors (Lipinski definition) is 1. The van der Waals surface area contributed by atoms with E-state index in [-0.39, 0.29) is 0 Å². The Morgan fingerprint density at radius 1 is 1.33 bits per heavy atom. The molecular weight excluding hydrogens is 208 g/mol. The molecular formula is C11H10N2OS. The van der Waals surface area contributed by atoms with Crippen molar-refractivity contribution in [1.29, 1.82) is 0 Å². The monoisotopic (exact) mass is 218 g/mol. The van der Waals surface area contributed by atoms with Gasteiger partial charge in [-0.15, -0.1) is 11.3 Å². The average Bonchev–Trinajstić information content (AvgIpc) is 2.61. The zero-order chi connectivity index (χ0) is 10.8. The molecule has 4 heteroatoms. The minimum absolute atomic E-state index is 0.513. The minimum atomic E-state index is 0.513. The Labute approximate surface area is 91.6 Å². The van der Waals surface area contributed by atoms with E-state index in [2.05, 4.69) is 4.98 Å². The summed E-state index contributed by atoms with van der Waals surface area (Å²) in [5, 5.41) is 0.513. The van der Waals surface area contributed by atoms with E-state index < -0.39 is 0 Å². The normalized spacial score (nSPS) is 10.2. The molecule has 76 valence electrons. The van der Waals surface area contributed by atoms with Gasteiger partial charge in [-0.3, -0.25) is 4.79 Å². The second-order valence-corrected chi connectivity index (χ2v) is 4.24. The van der Waals surface area contributed by atoms with E-state index in [1.54, 1.807) is 0 Å². The van der Waals surface area contributed by atoms with Crippen LogP contribution >= 0.6 is 11.3 Å². The lowest BCUT2D eigenvalue weighted by molar-refractivity contribution is 0.112. The highest BCUT2D eigenvalue weighted by Gasteiger charge is 2.08. The van der Waals surface area contributed by atoms with Gasteiger partial charge in [-0.05, 0) is 24.6 Å². The molecule has 1 heterocycles. The van der Waals surface area contributed by atoms with Crippen molar-refractivity contribution in [3.8, 4) is 10.4 Å². The van der Waals surface area contributed by atoms with E-state index in [1.807, 2.05) is 31.2 Å². The van der Waals surface area contributed by atoms with Gasteiger partial charge in [-0.25, -0.2) is 4.98 Å². The van der Waals surface area contributed by atoms with E-state index >= 15 is 0 Å². The summed E-state index contributed by atoms with van der Waals surface area (Å²) in [4.78, 5) is 15.8. The Kier molecular flexibility index (Phi) is 2.51. The number of nitrogen functional groups attached to an aromatic ring is 1. The van der Waals surface area contributed by atoms with Crippen LogP contribution in [0.25, 0.3) is 10.4 Å². The number of hydrogen-bond acceptors (Lipinski definition) is 4. The molecule has 2 aromatic rings. The van der Waals surface area contributed by atoms with E-state index in [1.165, 1.54) is 11.3 Å². The summed E-state index contributed by atoms with van der Waals surface area (Å²) >= 11 is 1.40. The van der Waals surface area contributed by atoms with E-state index in [0.29, 0.717) is 5.01 Å². The van der Waals surface area contributed by atoms with Crippen molar-refractivity contribution in [1.82, 2.24) is 4.98 Å². The van der Waals surface area contributed by atoms with Crippen LogP contribution in [0.2, 0.25) is 0 Å². The van der Waals surface area contributed by atoms with Crippen LogP contribution < -0.4 is 5.73 Å². The lowest BCUT2D eigenvalue weighted by Crippen LogP contribution is -1.83. The van der Waals surface area contributed by atoms with Crippen LogP contribution in [-0.4, -0.2) is 11.3 Å². The topological polar surface area (TPSA) is 56.0 Å². The SMILES string of the molecule is Cc1nc(C=O)sc1-c1ccc(N)cc1. The van der Waals surface area contributed by atoms with Crippen LogP contribution in [0.3, 0.4) is 0 Å². The first-order valence-corrected chi connectivity index (χ1v) is 5.31. The molecule has 0 saturated heterocycles. The largest absolute Gasteiger partial charge is 0.399 e. The summed E-state index contributed by atoms with van der Waals surface area (Å²) in [6.07, 6.45) is 0.776. The van der Waals surface area contributed by atoms with Crippen LogP contribution in [0.1, 0.15) is 15.5 Å². The lowest BCUT2D eigenvalue weighted by atomic mass is 10.1. The number of carbonyl (C=O) groups excluding carboxylic acids is 1. The molecule has 0 aliphatic rings. The highest BCUT2D eigenvalue weighted by Crippen LogP contribution is 2.29. The Balaban J connectivity index is 2.48. The highest BCUT2D eigenvalue weighted by atomic mass is 32.1. The summed E-state index contributed by atoms with van der Waals surface area (Å²) in [6, 6.07) is 7.55. The number of nitrogens with zero attached hydrogens (tertiary/aromatic N) is 1. The van der Waals surface area contributed by atoms with Crippen LogP contribution in [-0.2, 0) is 0 Å². The van der Waals surface area contributed by atoms with Gasteiger partial charge in [-0.1, -0.05) is 12.1 Å². The molecule has 0 atom stereocenters. The standard InChI is InChI=1S/C11H10N2OS/c1-7-11(15-10(6-14)13-7)8-2-4-9(12)5-3-8/h2-6H,12H2,1H3. The summed E-state index contributed by atoms with van der Waals surface area (Å²) in [7, 11) is 0. The molecule has 0 radical (unpaired) electrons. The number of nitrogens with two attached hydrogens (primary N) is 1. The smallest absolute Gasteiger partial charge is 0.178 e. The average molecular weight is 218 g/mol. The van der Waals surface area contributed by atoms with E-state index in [0.717, 1.165) is 28.1 Å². The summed E-state index contributed by atoms with van der Waals surface area (Å²) in [5.74, 6) is 0. The van der Waals surface area contributed by atoms with Gasteiger partial charge in [0.1, 0.15) is 0 Å². The molecule has 1 aromatic carbocycles. The van der Waals surface area contributed by atoms with Crippen molar-refractivity contribution in [2.24, 2.45) is 0 Å². The van der Waals surface area contributed by atoms with Crippen LogP contribution in [0, 0.1) is 6.92 Å². The number of benzene rings is 1. The summed E-state index contributed by atoms with van der Waals surface area (Å²) in [5.41, 5.74) is 8.27. The Morgan fingerprint density at radius 2 is 2.00 bits per heavy atom. The van der Waals surface area contributed by atoms with Gasteiger partial charge in [0.25, 0.3) is 0 Å². The molecule has 0 spiro atoms. The maximum absolute atomic E-state index is 10.6. The molecule has 0 bridgehead atoms. The number of thiazole rings is 1. The Hall–Kier alpha value is -1.68. The van der Waals surface area contributed by atoms with Crippen molar-refractivity contribution in [2.75, 3.05) is 5.73 Å². The first-order valence-electron chi connectivity index (χ1n) is 4.49. The molecule has 1 aromatic heterocycles. The maximum atomic E-state index is 10.6. The third-order valence-corrected chi connectivity index (χ3v) is 3.22. The number of aryl methyl sites for hydroxylation is 1. The molecule has 0 aliphatic heterocycles. The number of aldehydes is 1. The van der Waals surface area contributed by atoms with Gasteiger partial charge in [0.15, 0.2) is 11.3 Å². The Morgan fingerprint density at radius 3 is 2.53 bits per heavy atom. The quantitative estimate of drug-likeness (QED) is 0.622. The molecule has 0 fully saturated rings. The third kappa shape index (κ3) is 1.89. The first kappa shape index (κ1) is 9.86. The highest BCUT2D eigenvalue weighted by molar-refractivity contribution is 7.16. The zero-order valence-electron chi connectivity index (χ0n) is 8.23. The van der Waals surface area contributed by atoms with Crippen LogP contribution in [0.5, 0.6) is 0 Å². The van der Waals surface area contributed by atoms with Gasteiger partial charge in [0, 0.05) is 5.69 Å². The van der Waals surface area contributed by atoms with Crippen molar-refractivity contribution < 1.29 is 4.79 Å². The van der Waals surface area contributed by atoms with E-state index in [9.17, 15) is 4.79 Å². The van der Waals surface area contributed by atoms with Crippen LogP contribution in [0.4, 0.5) is 5.69 Å². The zero-order valence-corrected chi connectivity index (χ0v) is 9.04. The molecule has 15 heavy (non-hydrogen) atoms. The molecule has 0 amide bonds. The van der Waals surface area contributed by atoms with Crippen molar-refractivity contribution in [2.45, 2.75) is 6.92 Å². The summed E-state index contributed by atoms with van der Waals surface area (Å²) in [6.45, 7) is 1.90. The summed E-state index contributed by atoms with van der Waals surface area (Å²) < 4.78 is 0. The fourth-order valence-electron chi connectivity index (χ4n) is 1.37. The third-order valence-electron chi connectivity index (χ3n) is 2.09. The molecule has 0 unspecified atom stereocenters. The number of anilines is 1. The minimum Gasteiger partial charge on any atom is -0.399 e.